The zero-order valence-corrected chi connectivity index (χ0v) is 14.6. The quantitative estimate of drug-likeness (QED) is 0.591. The van der Waals surface area contributed by atoms with Gasteiger partial charge in [-0.2, -0.15) is 0 Å². The lowest BCUT2D eigenvalue weighted by atomic mass is 10.1. The van der Waals surface area contributed by atoms with Gasteiger partial charge in [0.15, 0.2) is 11.2 Å². The Balaban J connectivity index is 1.71. The van der Waals surface area contributed by atoms with Crippen LogP contribution in [0.5, 0.6) is 0 Å². The van der Waals surface area contributed by atoms with Crippen LogP contribution in [0.15, 0.2) is 40.2 Å². The Hall–Kier alpha value is -3.36. The van der Waals surface area contributed by atoms with Crippen LogP contribution in [0.3, 0.4) is 0 Å². The van der Waals surface area contributed by atoms with E-state index in [0.29, 0.717) is 18.7 Å². The number of nitrogens with one attached hydrogen (secondary N) is 1. The Morgan fingerprint density at radius 1 is 1.15 bits per heavy atom. The van der Waals surface area contributed by atoms with Crippen LogP contribution in [0, 0.1) is 0 Å². The molecule has 0 bridgehead atoms. The second-order valence-corrected chi connectivity index (χ2v) is 6.09. The molecule has 0 aliphatic heterocycles. The summed E-state index contributed by atoms with van der Waals surface area (Å²) >= 11 is 0. The van der Waals surface area contributed by atoms with Gasteiger partial charge in [0.25, 0.3) is 5.56 Å². The van der Waals surface area contributed by atoms with E-state index in [-0.39, 0.29) is 23.6 Å². The highest BCUT2D eigenvalue weighted by Crippen LogP contribution is 2.06. The lowest BCUT2D eigenvalue weighted by Crippen LogP contribution is -2.38. The smallest absolute Gasteiger partial charge is 0.332 e. The van der Waals surface area contributed by atoms with E-state index in [1.807, 2.05) is 24.3 Å². The van der Waals surface area contributed by atoms with Crippen molar-refractivity contribution in [3.8, 4) is 0 Å². The number of benzene rings is 1. The van der Waals surface area contributed by atoms with Crippen molar-refractivity contribution in [3.63, 3.8) is 0 Å². The summed E-state index contributed by atoms with van der Waals surface area (Å²) < 4.78 is 3.74. The van der Waals surface area contributed by atoms with Crippen molar-refractivity contribution in [1.29, 1.82) is 0 Å². The second-order valence-electron chi connectivity index (χ2n) is 6.09. The number of nitrogens with two attached hydrogens (primary N) is 1. The Morgan fingerprint density at radius 2 is 1.85 bits per heavy atom. The van der Waals surface area contributed by atoms with Crippen molar-refractivity contribution >= 4 is 22.8 Å². The van der Waals surface area contributed by atoms with Crippen molar-refractivity contribution in [2.75, 3.05) is 12.3 Å². The van der Waals surface area contributed by atoms with Gasteiger partial charge in [-0.1, -0.05) is 12.1 Å². The van der Waals surface area contributed by atoms with Crippen molar-refractivity contribution < 1.29 is 4.79 Å². The third-order valence-corrected chi connectivity index (χ3v) is 4.25. The summed E-state index contributed by atoms with van der Waals surface area (Å²) in [6.45, 7) is 0.414. The first kappa shape index (κ1) is 17.5. The number of nitrogens with zero attached hydrogens (tertiary/aromatic N) is 4. The number of anilines is 1. The largest absolute Gasteiger partial charge is 0.399 e. The van der Waals surface area contributed by atoms with Crippen LogP contribution in [0.4, 0.5) is 5.69 Å². The van der Waals surface area contributed by atoms with Gasteiger partial charge in [0.05, 0.1) is 6.33 Å². The topological polar surface area (TPSA) is 117 Å². The number of fused-ring (bicyclic) bond motifs is 1. The predicted molar refractivity (Wildman–Crippen MR) is 97.8 cm³/mol. The Kier molecular flexibility index (Phi) is 4.61. The van der Waals surface area contributed by atoms with E-state index in [2.05, 4.69) is 10.3 Å². The summed E-state index contributed by atoms with van der Waals surface area (Å²) in [5.74, 6) is -0.240. The maximum atomic E-state index is 12.3. The first-order valence-electron chi connectivity index (χ1n) is 8.10. The van der Waals surface area contributed by atoms with Gasteiger partial charge in [-0.15, -0.1) is 0 Å². The van der Waals surface area contributed by atoms with Gasteiger partial charge in [0.2, 0.25) is 5.91 Å². The molecular weight excluding hydrogens is 336 g/mol. The molecule has 0 atom stereocenters. The first-order valence-corrected chi connectivity index (χ1v) is 8.10. The number of hydrogen-bond donors (Lipinski definition) is 2. The molecule has 3 aromatic rings. The van der Waals surface area contributed by atoms with Crippen molar-refractivity contribution in [2.45, 2.75) is 13.0 Å². The van der Waals surface area contributed by atoms with E-state index < -0.39 is 11.2 Å². The molecule has 3 rings (SSSR count). The lowest BCUT2D eigenvalue weighted by Gasteiger charge is -2.08. The number of hydrogen-bond acceptors (Lipinski definition) is 5. The average molecular weight is 356 g/mol. The van der Waals surface area contributed by atoms with Crippen LogP contribution in [-0.2, 0) is 31.9 Å². The molecule has 9 nitrogen and oxygen atoms in total. The second kappa shape index (κ2) is 6.87. The molecule has 0 radical (unpaired) electrons. The predicted octanol–water partition coefficient (Wildman–Crippen LogP) is -0.625. The maximum absolute atomic E-state index is 12.3. The highest BCUT2D eigenvalue weighted by Gasteiger charge is 2.15. The van der Waals surface area contributed by atoms with E-state index in [0.717, 1.165) is 10.1 Å². The minimum Gasteiger partial charge on any atom is -0.399 e. The molecule has 0 aliphatic carbocycles. The molecule has 136 valence electrons. The number of aromatic nitrogens is 4. The van der Waals surface area contributed by atoms with Gasteiger partial charge < -0.3 is 15.6 Å². The highest BCUT2D eigenvalue weighted by atomic mass is 16.2. The van der Waals surface area contributed by atoms with E-state index in [4.69, 9.17) is 5.73 Å². The molecule has 26 heavy (non-hydrogen) atoms. The molecule has 0 unspecified atom stereocenters. The minimum absolute atomic E-state index is 0.0499. The summed E-state index contributed by atoms with van der Waals surface area (Å²) in [7, 11) is 2.93. The number of carbonyl (C=O) groups is 1. The van der Waals surface area contributed by atoms with E-state index in [1.54, 1.807) is 0 Å². The fraction of sp³-hybridized carbons (Fsp3) is 0.294. The summed E-state index contributed by atoms with van der Waals surface area (Å²) in [4.78, 5) is 40.5. The molecule has 0 spiro atoms. The Morgan fingerprint density at radius 3 is 2.54 bits per heavy atom. The normalized spacial score (nSPS) is 11.0. The number of rotatable bonds is 5. The number of amides is 1. The molecule has 0 aliphatic rings. The van der Waals surface area contributed by atoms with Crippen molar-refractivity contribution in [3.05, 3.63) is 57.0 Å². The van der Waals surface area contributed by atoms with E-state index in [9.17, 15) is 14.4 Å². The Bertz CT molecular complexity index is 1070. The molecule has 2 aromatic heterocycles. The molecule has 3 N–H and O–H groups in total. The fourth-order valence-electron chi connectivity index (χ4n) is 2.76. The molecular formula is C17H20N6O3. The van der Waals surface area contributed by atoms with Crippen molar-refractivity contribution in [1.82, 2.24) is 24.0 Å². The van der Waals surface area contributed by atoms with Crippen LogP contribution in [0.2, 0.25) is 0 Å². The van der Waals surface area contributed by atoms with Crippen LogP contribution in [-0.4, -0.2) is 31.1 Å². The van der Waals surface area contributed by atoms with E-state index >= 15 is 0 Å². The number of carbonyl (C=O) groups excluding carboxylic acids is 1. The lowest BCUT2D eigenvalue weighted by molar-refractivity contribution is -0.121. The third kappa shape index (κ3) is 3.23. The first-order chi connectivity index (χ1) is 12.4. The van der Waals surface area contributed by atoms with Crippen LogP contribution >= 0.6 is 0 Å². The van der Waals surface area contributed by atoms with Crippen LogP contribution < -0.4 is 22.3 Å². The van der Waals surface area contributed by atoms with Gasteiger partial charge >= 0.3 is 5.69 Å². The van der Waals surface area contributed by atoms with Gasteiger partial charge in [-0.3, -0.25) is 18.7 Å². The highest BCUT2D eigenvalue weighted by molar-refractivity contribution is 5.78. The standard InChI is InChI=1S/C17H20N6O3/c1-21-15-14(16(25)22(2)17(21)26)23(10-20-15)9-13(24)19-8-7-11-3-5-12(18)6-4-11/h3-6,10H,7-9,18H2,1-2H3,(H,19,24). The maximum Gasteiger partial charge on any atom is 0.332 e. The van der Waals surface area contributed by atoms with Crippen molar-refractivity contribution in [2.24, 2.45) is 14.1 Å². The van der Waals surface area contributed by atoms with E-state index in [1.165, 1.54) is 29.6 Å². The molecule has 0 saturated carbocycles. The number of imidazole rings is 1. The average Bonchev–Trinajstić information content (AvgIpc) is 3.03. The summed E-state index contributed by atoms with van der Waals surface area (Å²) in [6.07, 6.45) is 2.07. The zero-order chi connectivity index (χ0) is 18.8. The molecule has 1 aromatic carbocycles. The monoisotopic (exact) mass is 356 g/mol. The summed E-state index contributed by atoms with van der Waals surface area (Å²) in [5, 5.41) is 2.81. The van der Waals surface area contributed by atoms with Crippen LogP contribution in [0.1, 0.15) is 5.56 Å². The molecule has 0 saturated heterocycles. The number of aryl methyl sites for hydroxylation is 1. The zero-order valence-electron chi connectivity index (χ0n) is 14.6. The van der Waals surface area contributed by atoms with Gasteiger partial charge in [-0.05, 0) is 24.1 Å². The Labute approximate surface area is 148 Å². The van der Waals surface area contributed by atoms with Crippen LogP contribution in [0.25, 0.3) is 11.2 Å². The van der Waals surface area contributed by atoms with Gasteiger partial charge in [0, 0.05) is 26.3 Å². The fourth-order valence-corrected chi connectivity index (χ4v) is 2.76. The minimum atomic E-state index is -0.477. The molecule has 2 heterocycles. The molecule has 1 amide bonds. The SMILES string of the molecule is Cn1c(=O)c2c(ncn2CC(=O)NCCc2ccc(N)cc2)n(C)c1=O. The van der Waals surface area contributed by atoms with Gasteiger partial charge in [-0.25, -0.2) is 9.78 Å². The van der Waals surface area contributed by atoms with Gasteiger partial charge in [0.1, 0.15) is 6.54 Å². The summed E-state index contributed by atoms with van der Waals surface area (Å²) in [6, 6.07) is 7.45. The molecule has 9 heteroatoms. The third-order valence-electron chi connectivity index (χ3n) is 4.25. The summed E-state index contributed by atoms with van der Waals surface area (Å²) in [5.41, 5.74) is 6.95. The number of nitrogen functional groups attached to an aromatic ring is 1. The molecule has 0 fully saturated rings.